The molecule has 0 bridgehead atoms. The molecule has 0 unspecified atom stereocenters. The molecule has 0 saturated heterocycles. The fourth-order valence-corrected chi connectivity index (χ4v) is 3.80. The Bertz CT molecular complexity index is 438. The van der Waals surface area contributed by atoms with Gasteiger partial charge in [-0.25, -0.2) is 8.42 Å². The Morgan fingerprint density at radius 3 is 2.69 bits per heavy atom. The number of aliphatic carboxylic acids is 1. The average Bonchev–Trinajstić information content (AvgIpc) is 2.70. The second-order valence-corrected chi connectivity index (χ2v) is 6.19. The minimum absolute atomic E-state index is 0.00602. The first kappa shape index (κ1) is 13.1. The van der Waals surface area contributed by atoms with Gasteiger partial charge in [-0.2, -0.15) is 4.31 Å². The lowest BCUT2D eigenvalue weighted by molar-refractivity contribution is -0.137. The molecule has 1 rings (SSSR count). The van der Waals surface area contributed by atoms with Crippen molar-refractivity contribution in [1.82, 2.24) is 4.31 Å². The van der Waals surface area contributed by atoms with Gasteiger partial charge in [0.1, 0.15) is 4.21 Å². The summed E-state index contributed by atoms with van der Waals surface area (Å²) in [6.45, 7) is 1.96. The van der Waals surface area contributed by atoms with Crippen LogP contribution in [0.4, 0.5) is 0 Å². The molecule has 0 amide bonds. The van der Waals surface area contributed by atoms with Crippen LogP contribution >= 0.6 is 11.3 Å². The van der Waals surface area contributed by atoms with Crippen LogP contribution in [0.5, 0.6) is 0 Å². The molecular weight excluding hydrogens is 250 g/mol. The van der Waals surface area contributed by atoms with Crippen LogP contribution in [0, 0.1) is 0 Å². The number of rotatable bonds is 6. The first-order valence-electron chi connectivity index (χ1n) is 4.74. The Balaban J connectivity index is 2.84. The van der Waals surface area contributed by atoms with Crippen LogP contribution in [0.2, 0.25) is 0 Å². The van der Waals surface area contributed by atoms with Crippen molar-refractivity contribution in [1.29, 1.82) is 0 Å². The van der Waals surface area contributed by atoms with Crippen LogP contribution in [0.25, 0.3) is 0 Å². The summed E-state index contributed by atoms with van der Waals surface area (Å²) in [7, 11) is -3.51. The number of hydrogen-bond acceptors (Lipinski definition) is 4. The number of carbonyl (C=O) groups is 1. The zero-order chi connectivity index (χ0) is 12.2. The van der Waals surface area contributed by atoms with Crippen LogP contribution in [-0.4, -0.2) is 36.9 Å². The maximum absolute atomic E-state index is 12.0. The lowest BCUT2D eigenvalue weighted by atomic mass is 10.4. The molecule has 16 heavy (non-hydrogen) atoms. The van der Waals surface area contributed by atoms with E-state index in [-0.39, 0.29) is 23.7 Å². The Morgan fingerprint density at radius 1 is 1.56 bits per heavy atom. The smallest absolute Gasteiger partial charge is 0.304 e. The van der Waals surface area contributed by atoms with Gasteiger partial charge in [0.2, 0.25) is 0 Å². The monoisotopic (exact) mass is 263 g/mol. The first-order valence-corrected chi connectivity index (χ1v) is 7.06. The standard InChI is InChI=1S/C9H13NO4S2/c1-2-10(6-5-8(11)12)16(13,14)9-4-3-7-15-9/h3-4,7H,2,5-6H2,1H3,(H,11,12). The molecule has 90 valence electrons. The molecule has 0 aromatic carbocycles. The van der Waals surface area contributed by atoms with Crippen molar-refractivity contribution in [2.45, 2.75) is 17.6 Å². The van der Waals surface area contributed by atoms with E-state index >= 15 is 0 Å². The van der Waals surface area contributed by atoms with Crippen molar-refractivity contribution >= 4 is 27.3 Å². The van der Waals surface area contributed by atoms with E-state index < -0.39 is 16.0 Å². The number of carboxylic acid groups (broad SMARTS) is 1. The van der Waals surface area contributed by atoms with Crippen molar-refractivity contribution in [2.24, 2.45) is 0 Å². The molecule has 0 fully saturated rings. The average molecular weight is 263 g/mol. The summed E-state index contributed by atoms with van der Waals surface area (Å²) in [6.07, 6.45) is -0.182. The SMILES string of the molecule is CCN(CCC(=O)O)S(=O)(=O)c1cccs1. The third-order valence-electron chi connectivity index (χ3n) is 2.02. The summed E-state index contributed by atoms with van der Waals surface area (Å²) >= 11 is 1.13. The van der Waals surface area contributed by atoms with Crippen molar-refractivity contribution in [3.63, 3.8) is 0 Å². The van der Waals surface area contributed by atoms with E-state index in [9.17, 15) is 13.2 Å². The number of nitrogens with zero attached hydrogens (tertiary/aromatic N) is 1. The van der Waals surface area contributed by atoms with Gasteiger partial charge in [-0.05, 0) is 11.4 Å². The predicted molar refractivity (Wildman–Crippen MR) is 61.0 cm³/mol. The Kier molecular flexibility index (Phi) is 4.45. The molecule has 5 nitrogen and oxygen atoms in total. The summed E-state index contributed by atoms with van der Waals surface area (Å²) in [5.41, 5.74) is 0. The molecule has 7 heteroatoms. The molecule has 1 aromatic rings. The third kappa shape index (κ3) is 3.03. The number of thiophene rings is 1. The lowest BCUT2D eigenvalue weighted by Crippen LogP contribution is -2.32. The van der Waals surface area contributed by atoms with Crippen molar-refractivity contribution in [3.8, 4) is 0 Å². The first-order chi connectivity index (χ1) is 7.48. The largest absolute Gasteiger partial charge is 0.481 e. The number of carboxylic acids is 1. The summed E-state index contributed by atoms with van der Waals surface area (Å²) < 4.78 is 25.4. The summed E-state index contributed by atoms with van der Waals surface area (Å²) in [5.74, 6) is -1.00. The summed E-state index contributed by atoms with van der Waals surface area (Å²) in [6, 6.07) is 3.17. The van der Waals surface area contributed by atoms with E-state index in [1.807, 2.05) is 0 Å². The highest BCUT2D eigenvalue weighted by atomic mass is 32.2. The Morgan fingerprint density at radius 2 is 2.25 bits per heavy atom. The van der Waals surface area contributed by atoms with E-state index in [1.165, 1.54) is 10.4 Å². The quantitative estimate of drug-likeness (QED) is 0.837. The fourth-order valence-electron chi connectivity index (χ4n) is 1.21. The van der Waals surface area contributed by atoms with Gasteiger partial charge >= 0.3 is 5.97 Å². The van der Waals surface area contributed by atoms with Gasteiger partial charge in [0, 0.05) is 13.1 Å². The van der Waals surface area contributed by atoms with Gasteiger partial charge in [0.05, 0.1) is 6.42 Å². The maximum Gasteiger partial charge on any atom is 0.304 e. The van der Waals surface area contributed by atoms with Crippen molar-refractivity contribution in [3.05, 3.63) is 17.5 Å². The third-order valence-corrected chi connectivity index (χ3v) is 5.36. The van der Waals surface area contributed by atoms with Crippen LogP contribution in [0.1, 0.15) is 13.3 Å². The van der Waals surface area contributed by atoms with Gasteiger partial charge in [-0.15, -0.1) is 11.3 Å². The molecule has 0 aliphatic heterocycles. The molecule has 1 N–H and O–H groups in total. The molecule has 0 aliphatic carbocycles. The summed E-state index contributed by atoms with van der Waals surface area (Å²) in [4.78, 5) is 10.4. The second kappa shape index (κ2) is 5.42. The highest BCUT2D eigenvalue weighted by Gasteiger charge is 2.24. The number of sulfonamides is 1. The van der Waals surface area contributed by atoms with Gasteiger partial charge in [0.15, 0.2) is 0 Å². The predicted octanol–water partition coefficient (Wildman–Crippen LogP) is 1.23. The zero-order valence-electron chi connectivity index (χ0n) is 8.79. The molecule has 0 saturated carbocycles. The molecule has 0 radical (unpaired) electrons. The van der Waals surface area contributed by atoms with E-state index in [4.69, 9.17) is 5.11 Å². The maximum atomic E-state index is 12.0. The molecule has 0 atom stereocenters. The molecular formula is C9H13NO4S2. The molecule has 1 heterocycles. The van der Waals surface area contributed by atoms with E-state index in [0.29, 0.717) is 0 Å². The van der Waals surface area contributed by atoms with E-state index in [1.54, 1.807) is 18.4 Å². The topological polar surface area (TPSA) is 74.7 Å². The molecule has 0 spiro atoms. The summed E-state index contributed by atoms with van der Waals surface area (Å²) in [5, 5.41) is 10.2. The highest BCUT2D eigenvalue weighted by molar-refractivity contribution is 7.91. The van der Waals surface area contributed by atoms with Gasteiger partial charge in [-0.1, -0.05) is 13.0 Å². The van der Waals surface area contributed by atoms with Gasteiger partial charge < -0.3 is 5.11 Å². The molecule has 0 aliphatic rings. The Hall–Kier alpha value is -0.920. The highest BCUT2D eigenvalue weighted by Crippen LogP contribution is 2.20. The van der Waals surface area contributed by atoms with E-state index in [0.717, 1.165) is 11.3 Å². The zero-order valence-corrected chi connectivity index (χ0v) is 10.4. The van der Waals surface area contributed by atoms with E-state index in [2.05, 4.69) is 0 Å². The molecule has 1 aromatic heterocycles. The lowest BCUT2D eigenvalue weighted by Gasteiger charge is -2.18. The fraction of sp³-hybridized carbons (Fsp3) is 0.444. The van der Waals surface area contributed by atoms with Crippen LogP contribution in [-0.2, 0) is 14.8 Å². The van der Waals surface area contributed by atoms with Gasteiger partial charge in [0.25, 0.3) is 10.0 Å². The minimum Gasteiger partial charge on any atom is -0.481 e. The van der Waals surface area contributed by atoms with Crippen LogP contribution < -0.4 is 0 Å². The van der Waals surface area contributed by atoms with Crippen LogP contribution in [0.15, 0.2) is 21.7 Å². The Labute approximate surface area is 98.4 Å². The van der Waals surface area contributed by atoms with Crippen LogP contribution in [0.3, 0.4) is 0 Å². The normalized spacial score (nSPS) is 11.9. The minimum atomic E-state index is -3.51. The second-order valence-electron chi connectivity index (χ2n) is 3.07. The number of hydrogen-bond donors (Lipinski definition) is 1. The van der Waals surface area contributed by atoms with Crippen molar-refractivity contribution in [2.75, 3.05) is 13.1 Å². The van der Waals surface area contributed by atoms with Crippen molar-refractivity contribution < 1.29 is 18.3 Å². The van der Waals surface area contributed by atoms with Gasteiger partial charge in [-0.3, -0.25) is 4.79 Å².